The molecule has 138 valence electrons. The molecule has 0 N–H and O–H groups in total. The summed E-state index contributed by atoms with van der Waals surface area (Å²) in [4.78, 5) is 14.0. The van der Waals surface area contributed by atoms with Gasteiger partial charge >= 0.3 is 0 Å². The van der Waals surface area contributed by atoms with Gasteiger partial charge in [-0.15, -0.1) is 0 Å². The minimum atomic E-state index is -0.471. The Morgan fingerprint density at radius 1 is 0.893 bits per heavy atom. The van der Waals surface area contributed by atoms with Crippen LogP contribution in [0.3, 0.4) is 0 Å². The van der Waals surface area contributed by atoms with Crippen LogP contribution < -0.4 is 0 Å². The number of fused-ring (bicyclic) bond motifs is 2. The molecule has 0 bridgehead atoms. The minimum Gasteiger partial charge on any atom is -0.293 e. The molecule has 28 heavy (non-hydrogen) atoms. The first-order chi connectivity index (χ1) is 13.6. The summed E-state index contributed by atoms with van der Waals surface area (Å²) < 4.78 is 0. The van der Waals surface area contributed by atoms with Crippen LogP contribution >= 0.6 is 0 Å². The van der Waals surface area contributed by atoms with Crippen LogP contribution in [-0.2, 0) is 19.3 Å². The Morgan fingerprint density at radius 3 is 2.43 bits per heavy atom. The summed E-state index contributed by atoms with van der Waals surface area (Å²) in [6.45, 7) is 4.21. The smallest absolute Gasteiger partial charge is 0.174 e. The molecule has 2 aliphatic rings. The van der Waals surface area contributed by atoms with Crippen LogP contribution in [0.4, 0.5) is 0 Å². The second kappa shape index (κ2) is 6.31. The maximum absolute atomic E-state index is 14.0. The highest BCUT2D eigenvalue weighted by atomic mass is 16.1. The Balaban J connectivity index is 1.66. The Hall–Kier alpha value is -2.93. The second-order valence-electron chi connectivity index (χ2n) is 8.41. The van der Waals surface area contributed by atoms with Gasteiger partial charge in [-0.3, -0.25) is 4.79 Å². The molecule has 1 heteroatoms. The lowest BCUT2D eigenvalue weighted by Crippen LogP contribution is -2.33. The van der Waals surface area contributed by atoms with Gasteiger partial charge < -0.3 is 0 Å². The van der Waals surface area contributed by atoms with E-state index in [-0.39, 0.29) is 0 Å². The quantitative estimate of drug-likeness (QED) is 0.564. The largest absolute Gasteiger partial charge is 0.293 e. The van der Waals surface area contributed by atoms with E-state index >= 15 is 0 Å². The van der Waals surface area contributed by atoms with Gasteiger partial charge in [-0.25, -0.2) is 0 Å². The van der Waals surface area contributed by atoms with Crippen molar-refractivity contribution in [3.63, 3.8) is 0 Å². The molecule has 3 aromatic carbocycles. The summed E-state index contributed by atoms with van der Waals surface area (Å²) >= 11 is 0. The molecule has 2 aliphatic carbocycles. The Kier molecular flexibility index (Phi) is 3.87. The van der Waals surface area contributed by atoms with Gasteiger partial charge in [-0.1, -0.05) is 83.9 Å². The number of Topliss-reactive ketones (excluding diaryl/α,β-unsaturated/α-hetero) is 1. The fourth-order valence-electron chi connectivity index (χ4n) is 5.21. The fourth-order valence-corrected chi connectivity index (χ4v) is 5.21. The summed E-state index contributed by atoms with van der Waals surface area (Å²) in [5, 5.41) is 0. The van der Waals surface area contributed by atoms with Crippen molar-refractivity contribution in [1.29, 1.82) is 0 Å². The molecule has 0 aliphatic heterocycles. The van der Waals surface area contributed by atoms with Crippen molar-refractivity contribution in [3.8, 4) is 0 Å². The van der Waals surface area contributed by atoms with E-state index in [1.165, 1.54) is 33.4 Å². The number of aryl methyl sites for hydroxylation is 2. The van der Waals surface area contributed by atoms with Crippen molar-refractivity contribution in [2.75, 3.05) is 0 Å². The van der Waals surface area contributed by atoms with E-state index in [2.05, 4.69) is 80.6 Å². The summed E-state index contributed by atoms with van der Waals surface area (Å²) in [6.07, 6.45) is 4.73. The second-order valence-corrected chi connectivity index (χ2v) is 8.41. The predicted octanol–water partition coefficient (Wildman–Crippen LogP) is 5.91. The van der Waals surface area contributed by atoms with Crippen molar-refractivity contribution >= 4 is 11.9 Å². The lowest BCUT2D eigenvalue weighted by molar-refractivity contribution is 0.0861. The Bertz CT molecular complexity index is 1120. The molecule has 1 unspecified atom stereocenters. The number of allylic oxidation sites excluding steroid dienone is 1. The summed E-state index contributed by atoms with van der Waals surface area (Å²) in [5.74, 6) is 0.308. The van der Waals surface area contributed by atoms with Crippen molar-refractivity contribution in [2.45, 2.75) is 33.1 Å². The SMILES string of the molecule is Cc1cc(C)c2c(c1)CC(Cc1ccccc1)(C1=Cc3ccccc3C1)C2=O. The lowest BCUT2D eigenvalue weighted by atomic mass is 9.71. The third kappa shape index (κ3) is 2.57. The molecule has 1 nitrogen and oxygen atoms in total. The van der Waals surface area contributed by atoms with Gasteiger partial charge in [0.15, 0.2) is 5.78 Å². The van der Waals surface area contributed by atoms with Crippen LogP contribution in [-0.4, -0.2) is 5.78 Å². The third-order valence-corrected chi connectivity index (χ3v) is 6.44. The van der Waals surface area contributed by atoms with Crippen LogP contribution in [0, 0.1) is 19.3 Å². The first kappa shape index (κ1) is 17.2. The van der Waals surface area contributed by atoms with Gasteiger partial charge in [0.25, 0.3) is 0 Å². The summed E-state index contributed by atoms with van der Waals surface area (Å²) in [7, 11) is 0. The molecule has 0 spiro atoms. The maximum Gasteiger partial charge on any atom is 0.174 e. The van der Waals surface area contributed by atoms with Gasteiger partial charge in [-0.2, -0.15) is 0 Å². The molecular weight excluding hydrogens is 340 g/mol. The van der Waals surface area contributed by atoms with Crippen LogP contribution in [0.15, 0.2) is 72.3 Å². The standard InChI is InChI=1S/C27H24O/c1-18-12-19(2)25-23(13-18)17-27(26(25)28,16-20-8-4-3-5-9-20)24-14-21-10-6-7-11-22(21)15-24/h3-14H,15-17H2,1-2H3. The fraction of sp³-hybridized carbons (Fsp3) is 0.222. The molecule has 0 aromatic heterocycles. The zero-order chi connectivity index (χ0) is 19.3. The van der Waals surface area contributed by atoms with Crippen LogP contribution in [0.2, 0.25) is 0 Å². The molecular formula is C27H24O. The first-order valence-corrected chi connectivity index (χ1v) is 10.0. The maximum atomic E-state index is 14.0. The highest BCUT2D eigenvalue weighted by Gasteiger charge is 2.49. The zero-order valence-corrected chi connectivity index (χ0v) is 16.5. The normalized spacial score (nSPS) is 20.1. The van der Waals surface area contributed by atoms with E-state index in [0.717, 1.165) is 30.4 Å². The predicted molar refractivity (Wildman–Crippen MR) is 115 cm³/mol. The van der Waals surface area contributed by atoms with Gasteiger partial charge in [-0.05, 0) is 60.9 Å². The van der Waals surface area contributed by atoms with Gasteiger partial charge in [0.2, 0.25) is 0 Å². The number of rotatable bonds is 3. The number of hydrogen-bond acceptors (Lipinski definition) is 1. The number of carbonyl (C=O) groups excluding carboxylic acids is 1. The van der Waals surface area contributed by atoms with Crippen molar-refractivity contribution < 1.29 is 4.79 Å². The molecule has 0 heterocycles. The Morgan fingerprint density at radius 2 is 1.64 bits per heavy atom. The number of ketones is 1. The van der Waals surface area contributed by atoms with Gasteiger partial charge in [0.05, 0.1) is 5.41 Å². The first-order valence-electron chi connectivity index (χ1n) is 10.0. The molecule has 0 saturated carbocycles. The highest BCUT2D eigenvalue weighted by Crippen LogP contribution is 2.49. The molecule has 1 atom stereocenters. The average molecular weight is 364 g/mol. The average Bonchev–Trinajstić information content (AvgIpc) is 3.23. The zero-order valence-electron chi connectivity index (χ0n) is 16.5. The van der Waals surface area contributed by atoms with E-state index < -0.39 is 5.41 Å². The van der Waals surface area contributed by atoms with E-state index in [9.17, 15) is 4.79 Å². The minimum absolute atomic E-state index is 0.308. The molecule has 0 radical (unpaired) electrons. The van der Waals surface area contributed by atoms with Crippen LogP contribution in [0.25, 0.3) is 6.08 Å². The van der Waals surface area contributed by atoms with Crippen molar-refractivity contribution in [3.05, 3.63) is 111 Å². The highest BCUT2D eigenvalue weighted by molar-refractivity contribution is 6.09. The number of carbonyl (C=O) groups is 1. The summed E-state index contributed by atoms with van der Waals surface area (Å²) in [6, 6.07) is 23.4. The van der Waals surface area contributed by atoms with E-state index in [1.807, 2.05) is 6.07 Å². The molecule has 5 rings (SSSR count). The van der Waals surface area contributed by atoms with E-state index in [4.69, 9.17) is 0 Å². The van der Waals surface area contributed by atoms with Crippen molar-refractivity contribution in [2.24, 2.45) is 5.41 Å². The molecule has 3 aromatic rings. The lowest BCUT2D eigenvalue weighted by Gasteiger charge is -2.30. The monoisotopic (exact) mass is 364 g/mol. The number of benzene rings is 3. The van der Waals surface area contributed by atoms with E-state index in [1.54, 1.807) is 0 Å². The van der Waals surface area contributed by atoms with Crippen LogP contribution in [0.5, 0.6) is 0 Å². The van der Waals surface area contributed by atoms with Crippen molar-refractivity contribution in [1.82, 2.24) is 0 Å². The van der Waals surface area contributed by atoms with Crippen LogP contribution in [0.1, 0.15) is 43.7 Å². The van der Waals surface area contributed by atoms with E-state index in [0.29, 0.717) is 5.78 Å². The topological polar surface area (TPSA) is 17.1 Å². The molecule has 0 fully saturated rings. The molecule has 0 saturated heterocycles. The Labute approximate surface area is 166 Å². The third-order valence-electron chi connectivity index (χ3n) is 6.44. The summed E-state index contributed by atoms with van der Waals surface area (Å²) in [5.41, 5.74) is 9.17. The van der Waals surface area contributed by atoms with Gasteiger partial charge in [0.1, 0.15) is 0 Å². The van der Waals surface area contributed by atoms with Gasteiger partial charge in [0, 0.05) is 5.56 Å². The molecule has 0 amide bonds. The number of hydrogen-bond donors (Lipinski definition) is 0.